The van der Waals surface area contributed by atoms with E-state index >= 15 is 0 Å². The fourth-order valence-electron chi connectivity index (χ4n) is 1.40. The van der Waals surface area contributed by atoms with E-state index in [1.54, 1.807) is 0 Å². The third kappa shape index (κ3) is 3.20. The molecule has 0 amide bonds. The first-order chi connectivity index (χ1) is 7.06. The van der Waals surface area contributed by atoms with E-state index < -0.39 is 0 Å². The Hall–Kier alpha value is -0.570. The lowest BCUT2D eigenvalue weighted by atomic mass is 9.98. The van der Waals surface area contributed by atoms with Crippen molar-refractivity contribution in [3.05, 3.63) is 11.1 Å². The Kier molecular flexibility index (Phi) is 4.58. The molecular formula is C11H20ClN3. The molecule has 1 aromatic heterocycles. The van der Waals surface area contributed by atoms with Gasteiger partial charge in [-0.25, -0.2) is 0 Å². The summed E-state index contributed by atoms with van der Waals surface area (Å²) >= 11 is 6.02. The molecule has 3 nitrogen and oxygen atoms in total. The van der Waals surface area contributed by atoms with Crippen molar-refractivity contribution in [2.75, 3.05) is 0 Å². The zero-order valence-electron chi connectivity index (χ0n) is 10.00. The quantitative estimate of drug-likeness (QED) is 0.777. The third-order valence-corrected chi connectivity index (χ3v) is 3.14. The van der Waals surface area contributed by atoms with Crippen molar-refractivity contribution < 1.29 is 0 Å². The van der Waals surface area contributed by atoms with Crippen LogP contribution in [0.4, 0.5) is 0 Å². The van der Waals surface area contributed by atoms with Gasteiger partial charge in [0.2, 0.25) is 5.28 Å². The highest BCUT2D eigenvalue weighted by molar-refractivity contribution is 6.28. The molecule has 0 fully saturated rings. The molecule has 0 saturated heterocycles. The van der Waals surface area contributed by atoms with Crippen molar-refractivity contribution in [3.8, 4) is 0 Å². The van der Waals surface area contributed by atoms with Crippen LogP contribution in [0, 0.1) is 11.8 Å². The Morgan fingerprint density at radius 1 is 1.27 bits per heavy atom. The largest absolute Gasteiger partial charge is 0.301 e. The molecular weight excluding hydrogens is 210 g/mol. The van der Waals surface area contributed by atoms with Crippen molar-refractivity contribution in [2.24, 2.45) is 11.8 Å². The lowest BCUT2D eigenvalue weighted by Gasteiger charge is -2.17. The van der Waals surface area contributed by atoms with Crippen LogP contribution in [0.3, 0.4) is 0 Å². The van der Waals surface area contributed by atoms with Crippen LogP contribution in [0.25, 0.3) is 0 Å². The SMILES string of the molecule is CCCc1nnc(Cl)n1CC(C)C(C)C. The molecule has 0 aliphatic heterocycles. The van der Waals surface area contributed by atoms with E-state index in [2.05, 4.69) is 37.9 Å². The average molecular weight is 230 g/mol. The highest BCUT2D eigenvalue weighted by atomic mass is 35.5. The minimum atomic E-state index is 0.519. The summed E-state index contributed by atoms with van der Waals surface area (Å²) in [6.07, 6.45) is 2.02. The van der Waals surface area contributed by atoms with Gasteiger partial charge in [-0.3, -0.25) is 0 Å². The molecule has 4 heteroatoms. The van der Waals surface area contributed by atoms with Gasteiger partial charge >= 0.3 is 0 Å². The summed E-state index contributed by atoms with van der Waals surface area (Å²) in [5.41, 5.74) is 0. The van der Waals surface area contributed by atoms with E-state index in [0.29, 0.717) is 17.1 Å². The molecule has 0 aromatic carbocycles. The zero-order chi connectivity index (χ0) is 11.4. The van der Waals surface area contributed by atoms with E-state index in [0.717, 1.165) is 25.2 Å². The summed E-state index contributed by atoms with van der Waals surface area (Å²) in [7, 11) is 0. The van der Waals surface area contributed by atoms with Gasteiger partial charge in [0.15, 0.2) is 0 Å². The van der Waals surface area contributed by atoms with Gasteiger partial charge in [0.05, 0.1) is 0 Å². The molecule has 0 radical (unpaired) electrons. The van der Waals surface area contributed by atoms with Gasteiger partial charge in [-0.2, -0.15) is 0 Å². The van der Waals surface area contributed by atoms with Crippen molar-refractivity contribution in [1.82, 2.24) is 14.8 Å². The topological polar surface area (TPSA) is 30.7 Å². The van der Waals surface area contributed by atoms with Gasteiger partial charge in [-0.05, 0) is 29.9 Å². The van der Waals surface area contributed by atoms with Crippen LogP contribution >= 0.6 is 11.6 Å². The van der Waals surface area contributed by atoms with Crippen LogP contribution in [-0.4, -0.2) is 14.8 Å². The maximum atomic E-state index is 6.02. The number of rotatable bonds is 5. The van der Waals surface area contributed by atoms with Crippen LogP contribution in [0.5, 0.6) is 0 Å². The van der Waals surface area contributed by atoms with Crippen molar-refractivity contribution in [1.29, 1.82) is 0 Å². The molecule has 0 aliphatic rings. The van der Waals surface area contributed by atoms with Crippen LogP contribution in [0.15, 0.2) is 0 Å². The monoisotopic (exact) mass is 229 g/mol. The lowest BCUT2D eigenvalue weighted by Crippen LogP contribution is -2.15. The molecule has 0 N–H and O–H groups in total. The summed E-state index contributed by atoms with van der Waals surface area (Å²) < 4.78 is 2.04. The lowest BCUT2D eigenvalue weighted by molar-refractivity contribution is 0.359. The van der Waals surface area contributed by atoms with Gasteiger partial charge < -0.3 is 4.57 Å². The number of hydrogen-bond donors (Lipinski definition) is 0. The van der Waals surface area contributed by atoms with Gasteiger partial charge in [0, 0.05) is 13.0 Å². The first-order valence-corrected chi connectivity index (χ1v) is 6.01. The molecule has 1 atom stereocenters. The maximum Gasteiger partial charge on any atom is 0.225 e. The smallest absolute Gasteiger partial charge is 0.225 e. The van der Waals surface area contributed by atoms with Crippen LogP contribution < -0.4 is 0 Å². The Labute approximate surface area is 96.8 Å². The minimum absolute atomic E-state index is 0.519. The van der Waals surface area contributed by atoms with Gasteiger partial charge in [0.1, 0.15) is 5.82 Å². The number of halogens is 1. The van der Waals surface area contributed by atoms with Crippen LogP contribution in [-0.2, 0) is 13.0 Å². The first kappa shape index (κ1) is 12.5. The second kappa shape index (κ2) is 5.50. The maximum absolute atomic E-state index is 6.02. The highest BCUT2D eigenvalue weighted by Crippen LogP contribution is 2.17. The van der Waals surface area contributed by atoms with E-state index in [4.69, 9.17) is 11.6 Å². The van der Waals surface area contributed by atoms with E-state index in [1.807, 2.05) is 4.57 Å². The standard InChI is InChI=1S/C11H20ClN3/c1-5-6-10-13-14-11(12)15(10)7-9(4)8(2)3/h8-9H,5-7H2,1-4H3. The van der Waals surface area contributed by atoms with Crippen LogP contribution in [0.2, 0.25) is 5.28 Å². The Bertz CT molecular complexity index is 307. The summed E-state index contributed by atoms with van der Waals surface area (Å²) in [6.45, 7) is 9.74. The molecule has 0 spiro atoms. The predicted octanol–water partition coefficient (Wildman–Crippen LogP) is 3.18. The molecule has 1 unspecified atom stereocenters. The van der Waals surface area contributed by atoms with E-state index in [-0.39, 0.29) is 0 Å². The minimum Gasteiger partial charge on any atom is -0.301 e. The Morgan fingerprint density at radius 2 is 1.93 bits per heavy atom. The molecule has 15 heavy (non-hydrogen) atoms. The second-order valence-electron chi connectivity index (χ2n) is 4.47. The molecule has 86 valence electrons. The number of nitrogens with zero attached hydrogens (tertiary/aromatic N) is 3. The molecule has 1 rings (SSSR count). The summed E-state index contributed by atoms with van der Waals surface area (Å²) in [4.78, 5) is 0. The molecule has 0 bridgehead atoms. The predicted molar refractivity (Wildman–Crippen MR) is 63.0 cm³/mol. The van der Waals surface area contributed by atoms with E-state index in [1.165, 1.54) is 0 Å². The third-order valence-electron chi connectivity index (χ3n) is 2.86. The van der Waals surface area contributed by atoms with Gasteiger partial charge in [0.25, 0.3) is 0 Å². The molecule has 0 saturated carbocycles. The number of hydrogen-bond acceptors (Lipinski definition) is 2. The average Bonchev–Trinajstić information content (AvgIpc) is 2.50. The summed E-state index contributed by atoms with van der Waals surface area (Å²) in [5.74, 6) is 2.25. The van der Waals surface area contributed by atoms with Crippen molar-refractivity contribution in [2.45, 2.75) is 47.1 Å². The van der Waals surface area contributed by atoms with E-state index in [9.17, 15) is 0 Å². The van der Waals surface area contributed by atoms with Gasteiger partial charge in [-0.15, -0.1) is 10.2 Å². The molecule has 1 aromatic rings. The highest BCUT2D eigenvalue weighted by Gasteiger charge is 2.14. The number of aromatic nitrogens is 3. The fourth-order valence-corrected chi connectivity index (χ4v) is 1.61. The van der Waals surface area contributed by atoms with Crippen molar-refractivity contribution >= 4 is 11.6 Å². The fraction of sp³-hybridized carbons (Fsp3) is 0.818. The second-order valence-corrected chi connectivity index (χ2v) is 4.81. The van der Waals surface area contributed by atoms with Gasteiger partial charge in [-0.1, -0.05) is 27.7 Å². The normalized spacial score (nSPS) is 13.5. The Balaban J connectivity index is 2.78. The Morgan fingerprint density at radius 3 is 2.47 bits per heavy atom. The van der Waals surface area contributed by atoms with Crippen molar-refractivity contribution in [3.63, 3.8) is 0 Å². The summed E-state index contributed by atoms with van der Waals surface area (Å²) in [6, 6.07) is 0. The molecule has 1 heterocycles. The molecule has 0 aliphatic carbocycles. The first-order valence-electron chi connectivity index (χ1n) is 5.63. The van der Waals surface area contributed by atoms with Crippen LogP contribution in [0.1, 0.15) is 39.9 Å². The summed E-state index contributed by atoms with van der Waals surface area (Å²) in [5, 5.41) is 8.54. The number of aryl methyl sites for hydroxylation is 1. The zero-order valence-corrected chi connectivity index (χ0v) is 10.8.